The summed E-state index contributed by atoms with van der Waals surface area (Å²) in [6, 6.07) is 0. The van der Waals surface area contributed by atoms with Gasteiger partial charge in [-0.25, -0.2) is 0 Å². The molecule has 4 aliphatic heterocycles. The number of amides is 1. The monoisotopic (exact) mass is 532 g/mol. The van der Waals surface area contributed by atoms with E-state index in [1.165, 1.54) is 25.6 Å². The molecule has 4 rings (SSSR count). The molecule has 2 fully saturated rings. The van der Waals surface area contributed by atoms with Crippen molar-refractivity contribution in [1.29, 1.82) is 0 Å². The Hall–Kier alpha value is -1.64. The van der Waals surface area contributed by atoms with Crippen LogP contribution in [0.25, 0.3) is 0 Å². The summed E-state index contributed by atoms with van der Waals surface area (Å²) >= 11 is 2.17. The van der Waals surface area contributed by atoms with Gasteiger partial charge in [0.25, 0.3) is 0 Å². The fourth-order valence-corrected chi connectivity index (χ4v) is 7.91. The molecule has 2 saturated heterocycles. The predicted molar refractivity (Wildman–Crippen MR) is 128 cm³/mol. The summed E-state index contributed by atoms with van der Waals surface area (Å²) in [7, 11) is 0. The highest BCUT2D eigenvalue weighted by molar-refractivity contribution is 8.04. The molecule has 2 unspecified atom stereocenters. The summed E-state index contributed by atoms with van der Waals surface area (Å²) in [5.74, 6) is -5.14. The highest BCUT2D eigenvalue weighted by Gasteiger charge is 2.52. The average molecular weight is 533 g/mol. The molecule has 0 aromatic heterocycles. The molecule has 4 aliphatic rings. The standard InChI is InChI=1S/C22H32N2O9S2/c1-9(25)13(18-23-17(27)15(34-18)11-5-3-7-32-11)19(28)24-20(29)16(12-6-4-8-33-12)35-21(24)14(10(2)26)22(30)31/h9-14,18,21,23,25-27,29H,3-8H2,1-2H3,(H,30,31)/t9-,10-,11-,12-,13?,14?,18-,21-/m1/s1. The number of carbonyl (C=O) groups is 2. The van der Waals surface area contributed by atoms with Gasteiger partial charge in [-0.15, -0.1) is 0 Å². The van der Waals surface area contributed by atoms with Crippen molar-refractivity contribution in [3.63, 3.8) is 0 Å². The molecule has 0 aromatic carbocycles. The summed E-state index contributed by atoms with van der Waals surface area (Å²) in [6.45, 7) is 3.79. The number of carboxylic acids is 1. The van der Waals surface area contributed by atoms with Crippen LogP contribution in [0.5, 0.6) is 0 Å². The van der Waals surface area contributed by atoms with E-state index in [-0.39, 0.29) is 12.0 Å². The maximum absolute atomic E-state index is 13.9. The van der Waals surface area contributed by atoms with E-state index in [0.717, 1.165) is 35.9 Å². The lowest BCUT2D eigenvalue weighted by Gasteiger charge is -2.35. The zero-order valence-electron chi connectivity index (χ0n) is 19.5. The van der Waals surface area contributed by atoms with E-state index in [4.69, 9.17) is 9.47 Å². The Bertz CT molecular complexity index is 897. The quantitative estimate of drug-likeness (QED) is 0.266. The molecule has 196 valence electrons. The van der Waals surface area contributed by atoms with Crippen LogP contribution in [0.3, 0.4) is 0 Å². The van der Waals surface area contributed by atoms with Crippen LogP contribution < -0.4 is 5.32 Å². The third-order valence-electron chi connectivity index (χ3n) is 6.64. The lowest BCUT2D eigenvalue weighted by atomic mass is 9.98. The molecule has 1 amide bonds. The molecule has 0 radical (unpaired) electrons. The molecule has 0 aliphatic carbocycles. The molecule has 4 heterocycles. The van der Waals surface area contributed by atoms with Gasteiger partial charge in [0.15, 0.2) is 5.88 Å². The van der Waals surface area contributed by atoms with Crippen LogP contribution in [0, 0.1) is 11.8 Å². The van der Waals surface area contributed by atoms with Crippen molar-refractivity contribution in [1.82, 2.24) is 10.2 Å². The predicted octanol–water partition coefficient (Wildman–Crippen LogP) is 1.44. The molecule has 8 atom stereocenters. The molecule has 0 aromatic rings. The van der Waals surface area contributed by atoms with Crippen molar-refractivity contribution in [3.8, 4) is 0 Å². The fraction of sp³-hybridized carbons (Fsp3) is 0.727. The van der Waals surface area contributed by atoms with Crippen LogP contribution in [0.15, 0.2) is 21.6 Å². The van der Waals surface area contributed by atoms with E-state index < -0.39 is 58.7 Å². The second kappa shape index (κ2) is 10.8. The van der Waals surface area contributed by atoms with Gasteiger partial charge in [-0.2, -0.15) is 0 Å². The van der Waals surface area contributed by atoms with E-state index in [2.05, 4.69) is 5.32 Å². The number of aliphatic hydroxyl groups is 4. The minimum absolute atomic E-state index is 0.120. The van der Waals surface area contributed by atoms with Gasteiger partial charge in [0.05, 0.1) is 45.5 Å². The number of ether oxygens (including phenoxy) is 2. The van der Waals surface area contributed by atoms with E-state index >= 15 is 0 Å². The lowest BCUT2D eigenvalue weighted by Crippen LogP contribution is -2.52. The second-order valence-corrected chi connectivity index (χ2v) is 11.5. The Labute approximate surface area is 211 Å². The Kier molecular flexibility index (Phi) is 8.13. The lowest BCUT2D eigenvalue weighted by molar-refractivity contribution is -0.150. The minimum Gasteiger partial charge on any atom is -0.494 e. The normalized spacial score (nSPS) is 32.6. The van der Waals surface area contributed by atoms with Gasteiger partial charge in [-0.05, 0) is 39.5 Å². The molecule has 0 spiro atoms. The zero-order valence-corrected chi connectivity index (χ0v) is 21.1. The van der Waals surface area contributed by atoms with Crippen molar-refractivity contribution in [2.45, 2.75) is 74.7 Å². The minimum atomic E-state index is -1.40. The Balaban J connectivity index is 1.64. The van der Waals surface area contributed by atoms with Gasteiger partial charge in [0.1, 0.15) is 11.3 Å². The van der Waals surface area contributed by atoms with E-state index in [9.17, 15) is 35.1 Å². The molecular formula is C22H32N2O9S2. The Morgan fingerprint density at radius 2 is 1.54 bits per heavy atom. The number of nitrogens with zero attached hydrogens (tertiary/aromatic N) is 1. The SMILES string of the molecule is C[C@@H](O)C(C(=O)N1C(O)=C([C@H]2CCCO2)S[C@@H]1C(C(=O)O)[C@@H](C)O)[C@@H]1NC(O)=C([C@H]2CCCO2)S1. The Morgan fingerprint density at radius 3 is 2.03 bits per heavy atom. The van der Waals surface area contributed by atoms with Crippen LogP contribution >= 0.6 is 23.5 Å². The van der Waals surface area contributed by atoms with Gasteiger partial charge < -0.3 is 40.3 Å². The number of nitrogens with one attached hydrogen (secondary N) is 1. The average Bonchev–Trinajstić information content (AvgIpc) is 3.55. The van der Waals surface area contributed by atoms with Crippen LogP contribution in [0.1, 0.15) is 39.5 Å². The van der Waals surface area contributed by atoms with Crippen molar-refractivity contribution in [2.24, 2.45) is 11.8 Å². The second-order valence-electron chi connectivity index (χ2n) is 9.17. The van der Waals surface area contributed by atoms with Gasteiger partial charge >= 0.3 is 5.97 Å². The van der Waals surface area contributed by atoms with Crippen LogP contribution in [-0.2, 0) is 19.1 Å². The first-order valence-electron chi connectivity index (χ1n) is 11.7. The number of carboxylic acid groups (broad SMARTS) is 1. The van der Waals surface area contributed by atoms with Crippen LogP contribution in [-0.4, -0.2) is 90.7 Å². The number of thioether (sulfide) groups is 2. The molecular weight excluding hydrogens is 500 g/mol. The topological polar surface area (TPSA) is 169 Å². The molecule has 0 saturated carbocycles. The number of hydrogen-bond donors (Lipinski definition) is 6. The molecule has 6 N–H and O–H groups in total. The van der Waals surface area contributed by atoms with Crippen molar-refractivity contribution in [3.05, 3.63) is 21.6 Å². The van der Waals surface area contributed by atoms with Crippen LogP contribution in [0.4, 0.5) is 0 Å². The molecule has 35 heavy (non-hydrogen) atoms. The first-order valence-corrected chi connectivity index (χ1v) is 13.5. The summed E-state index contributed by atoms with van der Waals surface area (Å²) < 4.78 is 11.3. The summed E-state index contributed by atoms with van der Waals surface area (Å²) in [6.07, 6.45) is -0.374. The summed E-state index contributed by atoms with van der Waals surface area (Å²) in [4.78, 5) is 27.8. The van der Waals surface area contributed by atoms with Gasteiger partial charge in [0.2, 0.25) is 11.8 Å². The van der Waals surface area contributed by atoms with E-state index in [1.807, 2.05) is 0 Å². The highest BCUT2D eigenvalue weighted by Crippen LogP contribution is 2.48. The van der Waals surface area contributed by atoms with Crippen LogP contribution in [0.2, 0.25) is 0 Å². The van der Waals surface area contributed by atoms with Crippen molar-refractivity contribution >= 4 is 35.4 Å². The number of rotatable bonds is 8. The largest absolute Gasteiger partial charge is 0.494 e. The number of aliphatic carboxylic acids is 1. The maximum atomic E-state index is 13.9. The van der Waals surface area contributed by atoms with E-state index in [1.54, 1.807) is 0 Å². The fourth-order valence-electron chi connectivity index (χ4n) is 4.86. The number of hydrogen-bond acceptors (Lipinski definition) is 11. The van der Waals surface area contributed by atoms with Gasteiger partial charge in [-0.3, -0.25) is 14.5 Å². The number of carbonyl (C=O) groups excluding carboxylic acids is 1. The first kappa shape index (κ1) is 26.4. The van der Waals surface area contributed by atoms with Crippen molar-refractivity contribution in [2.75, 3.05) is 13.2 Å². The summed E-state index contributed by atoms with van der Waals surface area (Å²) in [5.41, 5.74) is 0. The molecule has 13 heteroatoms. The van der Waals surface area contributed by atoms with E-state index in [0.29, 0.717) is 29.4 Å². The highest BCUT2D eigenvalue weighted by atomic mass is 32.2. The third-order valence-corrected chi connectivity index (χ3v) is 9.46. The zero-order chi connectivity index (χ0) is 25.4. The maximum Gasteiger partial charge on any atom is 0.312 e. The third kappa shape index (κ3) is 5.12. The first-order chi connectivity index (χ1) is 16.6. The van der Waals surface area contributed by atoms with Gasteiger partial charge in [-0.1, -0.05) is 23.5 Å². The smallest absolute Gasteiger partial charge is 0.312 e. The Morgan fingerprint density at radius 1 is 0.971 bits per heavy atom. The van der Waals surface area contributed by atoms with Crippen molar-refractivity contribution < 1.29 is 44.6 Å². The summed E-state index contributed by atoms with van der Waals surface area (Å²) in [5, 5.41) is 53.3. The number of aliphatic hydroxyl groups excluding tert-OH is 4. The molecule has 11 nitrogen and oxygen atoms in total. The molecule has 0 bridgehead atoms. The van der Waals surface area contributed by atoms with Gasteiger partial charge in [0, 0.05) is 13.2 Å².